The van der Waals surface area contributed by atoms with Gasteiger partial charge in [-0.2, -0.15) is 0 Å². The van der Waals surface area contributed by atoms with Gasteiger partial charge in [-0.1, -0.05) is 48.4 Å². The summed E-state index contributed by atoms with van der Waals surface area (Å²) >= 11 is 8.83. The lowest BCUT2D eigenvalue weighted by Gasteiger charge is -1.99. The van der Waals surface area contributed by atoms with Gasteiger partial charge in [-0.25, -0.2) is 4.98 Å². The summed E-state index contributed by atoms with van der Waals surface area (Å²) in [7, 11) is 0. The van der Waals surface area contributed by atoms with Gasteiger partial charge >= 0.3 is 0 Å². The second-order valence-corrected chi connectivity index (χ2v) is 7.31. The summed E-state index contributed by atoms with van der Waals surface area (Å²) in [6.45, 7) is 2.20. The van der Waals surface area contributed by atoms with Crippen molar-refractivity contribution in [2.24, 2.45) is 10.2 Å². The standard InChI is InChI=1S/C15H14ClN3S2/c1-2-3-4-10-5-7-11(8-6-10)18-19-13-9-12-14(21-13)17-15(16)20-12/h5-9H,2-4H2,1H3. The fourth-order valence-electron chi connectivity index (χ4n) is 1.96. The average Bonchev–Trinajstić information content (AvgIpc) is 3.01. The minimum absolute atomic E-state index is 0.572. The molecule has 0 fully saturated rings. The summed E-state index contributed by atoms with van der Waals surface area (Å²) < 4.78 is 1.64. The number of aryl methyl sites for hydroxylation is 1. The van der Waals surface area contributed by atoms with Gasteiger partial charge in [-0.05, 0) is 36.6 Å². The summed E-state index contributed by atoms with van der Waals surface area (Å²) in [5.74, 6) is 0. The van der Waals surface area contributed by atoms with Crippen molar-refractivity contribution >= 4 is 54.5 Å². The van der Waals surface area contributed by atoms with Crippen molar-refractivity contribution in [3.8, 4) is 0 Å². The van der Waals surface area contributed by atoms with Gasteiger partial charge in [-0.3, -0.25) is 0 Å². The minimum Gasteiger partial charge on any atom is -0.214 e. The molecule has 6 heteroatoms. The Kier molecular flexibility index (Phi) is 4.63. The van der Waals surface area contributed by atoms with Crippen LogP contribution in [0.3, 0.4) is 0 Å². The second-order valence-electron chi connectivity index (χ2n) is 4.69. The van der Waals surface area contributed by atoms with Crippen LogP contribution < -0.4 is 0 Å². The van der Waals surface area contributed by atoms with Crippen molar-refractivity contribution < 1.29 is 0 Å². The van der Waals surface area contributed by atoms with E-state index in [1.165, 1.54) is 41.1 Å². The minimum atomic E-state index is 0.572. The molecule has 1 aromatic carbocycles. The summed E-state index contributed by atoms with van der Waals surface area (Å²) in [5.41, 5.74) is 2.23. The third kappa shape index (κ3) is 3.67. The predicted molar refractivity (Wildman–Crippen MR) is 91.7 cm³/mol. The normalized spacial score (nSPS) is 11.7. The van der Waals surface area contributed by atoms with Crippen LogP contribution in [-0.2, 0) is 6.42 Å². The zero-order chi connectivity index (χ0) is 14.7. The number of thiophene rings is 1. The van der Waals surface area contributed by atoms with Gasteiger partial charge in [0.15, 0.2) is 4.47 Å². The number of rotatable bonds is 5. The Morgan fingerprint density at radius 2 is 1.95 bits per heavy atom. The molecule has 0 atom stereocenters. The Balaban J connectivity index is 1.71. The molecule has 2 heterocycles. The summed E-state index contributed by atoms with van der Waals surface area (Å²) in [6, 6.07) is 10.2. The van der Waals surface area contributed by atoms with Crippen LogP contribution in [0.1, 0.15) is 25.3 Å². The van der Waals surface area contributed by atoms with Crippen molar-refractivity contribution in [1.29, 1.82) is 0 Å². The number of benzene rings is 1. The van der Waals surface area contributed by atoms with E-state index in [1.54, 1.807) is 0 Å². The second kappa shape index (κ2) is 6.64. The van der Waals surface area contributed by atoms with E-state index in [4.69, 9.17) is 11.6 Å². The fraction of sp³-hybridized carbons (Fsp3) is 0.267. The molecule has 0 saturated carbocycles. The zero-order valence-corrected chi connectivity index (χ0v) is 13.9. The van der Waals surface area contributed by atoms with Crippen LogP contribution in [0.25, 0.3) is 9.53 Å². The highest BCUT2D eigenvalue weighted by Gasteiger charge is 2.06. The van der Waals surface area contributed by atoms with E-state index in [1.807, 2.05) is 18.2 Å². The molecule has 0 unspecified atom stereocenters. The van der Waals surface area contributed by atoms with E-state index < -0.39 is 0 Å². The topological polar surface area (TPSA) is 37.6 Å². The molecule has 0 radical (unpaired) electrons. The van der Waals surface area contributed by atoms with Gasteiger partial charge in [0.2, 0.25) is 0 Å². The maximum atomic E-state index is 5.86. The van der Waals surface area contributed by atoms with Crippen LogP contribution in [0.4, 0.5) is 10.7 Å². The molecule has 3 aromatic rings. The highest BCUT2D eigenvalue weighted by atomic mass is 35.5. The highest BCUT2D eigenvalue weighted by molar-refractivity contribution is 7.30. The number of thiazole rings is 1. The summed E-state index contributed by atoms with van der Waals surface area (Å²) in [5, 5.41) is 9.41. The average molecular weight is 336 g/mol. The highest BCUT2D eigenvalue weighted by Crippen LogP contribution is 2.37. The molecule has 0 amide bonds. The molecule has 0 aliphatic rings. The predicted octanol–water partition coefficient (Wildman–Crippen LogP) is 6.77. The molecule has 0 bridgehead atoms. The van der Waals surface area contributed by atoms with Crippen LogP contribution in [-0.4, -0.2) is 4.98 Å². The molecule has 0 spiro atoms. The quantitative estimate of drug-likeness (QED) is 0.474. The van der Waals surface area contributed by atoms with Crippen molar-refractivity contribution in [2.45, 2.75) is 26.2 Å². The Labute approximate surface area is 136 Å². The maximum absolute atomic E-state index is 5.86. The van der Waals surface area contributed by atoms with Crippen LogP contribution in [0, 0.1) is 0 Å². The SMILES string of the molecule is CCCCc1ccc(N=Nc2cc3sc(Cl)nc3s2)cc1. The number of azo groups is 1. The molecule has 0 aliphatic carbocycles. The number of unbranched alkanes of at least 4 members (excludes halogenated alkanes) is 1. The lowest BCUT2D eigenvalue weighted by atomic mass is 10.1. The number of halogens is 1. The first kappa shape index (κ1) is 14.6. The molecule has 0 saturated heterocycles. The Hall–Kier alpha value is -1.30. The largest absolute Gasteiger partial charge is 0.214 e. The number of hydrogen-bond acceptors (Lipinski definition) is 5. The first-order valence-electron chi connectivity index (χ1n) is 6.81. The third-order valence-corrected chi connectivity index (χ3v) is 5.22. The lowest BCUT2D eigenvalue weighted by molar-refractivity contribution is 0.795. The molecule has 3 nitrogen and oxygen atoms in total. The van der Waals surface area contributed by atoms with E-state index in [0.29, 0.717) is 4.47 Å². The lowest BCUT2D eigenvalue weighted by Crippen LogP contribution is -1.82. The van der Waals surface area contributed by atoms with Crippen LogP contribution >= 0.6 is 34.3 Å². The van der Waals surface area contributed by atoms with E-state index >= 15 is 0 Å². The van der Waals surface area contributed by atoms with Gasteiger partial charge in [0.05, 0.1) is 10.4 Å². The number of hydrogen-bond donors (Lipinski definition) is 0. The summed E-state index contributed by atoms with van der Waals surface area (Å²) in [4.78, 5) is 5.15. The maximum Gasteiger partial charge on any atom is 0.185 e. The number of aromatic nitrogens is 1. The molecule has 108 valence electrons. The number of nitrogens with zero attached hydrogens (tertiary/aromatic N) is 3. The van der Waals surface area contributed by atoms with Gasteiger partial charge in [0, 0.05) is 0 Å². The van der Waals surface area contributed by atoms with Crippen molar-refractivity contribution in [3.05, 3.63) is 40.4 Å². The van der Waals surface area contributed by atoms with Crippen molar-refractivity contribution in [3.63, 3.8) is 0 Å². The molecule has 0 aliphatic heterocycles. The van der Waals surface area contributed by atoms with E-state index in [-0.39, 0.29) is 0 Å². The first-order chi connectivity index (χ1) is 10.2. The fourth-order valence-corrected chi connectivity index (χ4v) is 4.10. The van der Waals surface area contributed by atoms with Gasteiger partial charge in [0.1, 0.15) is 9.83 Å². The zero-order valence-electron chi connectivity index (χ0n) is 11.5. The van der Waals surface area contributed by atoms with Gasteiger partial charge < -0.3 is 0 Å². The van der Waals surface area contributed by atoms with Crippen LogP contribution in [0.2, 0.25) is 4.47 Å². The van der Waals surface area contributed by atoms with Gasteiger partial charge in [0.25, 0.3) is 0 Å². The molecule has 3 rings (SSSR count). The Morgan fingerprint density at radius 1 is 1.14 bits per heavy atom. The number of fused-ring (bicyclic) bond motifs is 1. The molecular formula is C15H14ClN3S2. The van der Waals surface area contributed by atoms with Crippen molar-refractivity contribution in [1.82, 2.24) is 4.98 Å². The monoisotopic (exact) mass is 335 g/mol. The van der Waals surface area contributed by atoms with Gasteiger partial charge in [-0.15, -0.1) is 21.6 Å². The molecule has 2 aromatic heterocycles. The Bertz CT molecular complexity index is 727. The third-order valence-electron chi connectivity index (χ3n) is 3.07. The van der Waals surface area contributed by atoms with Crippen molar-refractivity contribution in [2.75, 3.05) is 0 Å². The smallest absolute Gasteiger partial charge is 0.185 e. The van der Waals surface area contributed by atoms with E-state index in [0.717, 1.165) is 26.6 Å². The van der Waals surface area contributed by atoms with Crippen LogP contribution in [0.5, 0.6) is 0 Å². The molecule has 0 N–H and O–H groups in total. The summed E-state index contributed by atoms with van der Waals surface area (Å²) in [6.07, 6.45) is 3.57. The van der Waals surface area contributed by atoms with Crippen LogP contribution in [0.15, 0.2) is 40.6 Å². The molecular weight excluding hydrogens is 322 g/mol. The van der Waals surface area contributed by atoms with E-state index in [9.17, 15) is 0 Å². The molecule has 21 heavy (non-hydrogen) atoms. The Morgan fingerprint density at radius 3 is 2.67 bits per heavy atom. The van der Waals surface area contributed by atoms with E-state index in [2.05, 4.69) is 34.3 Å². The first-order valence-corrected chi connectivity index (χ1v) is 8.82.